The molecule has 0 radical (unpaired) electrons. The first-order chi connectivity index (χ1) is 9.74. The maximum absolute atomic E-state index is 13.3. The van der Waals surface area contributed by atoms with E-state index in [-0.39, 0.29) is 18.3 Å². The van der Waals surface area contributed by atoms with E-state index in [0.29, 0.717) is 6.54 Å². The van der Waals surface area contributed by atoms with Gasteiger partial charge in [0, 0.05) is 11.8 Å². The van der Waals surface area contributed by atoms with Gasteiger partial charge in [-0.05, 0) is 23.8 Å². The predicted octanol–water partition coefficient (Wildman–Crippen LogP) is 2.79. The number of benzodiazepines with no additional fused rings is 1. The van der Waals surface area contributed by atoms with E-state index in [1.807, 2.05) is 30.3 Å². The van der Waals surface area contributed by atoms with Gasteiger partial charge in [0.25, 0.3) is 0 Å². The number of aliphatic imine (C=N–C) groups is 1. The molecule has 0 N–H and O–H groups in total. The summed E-state index contributed by atoms with van der Waals surface area (Å²) in [7, 11) is 0. The molecule has 0 unspecified atom stereocenters. The van der Waals surface area contributed by atoms with Crippen molar-refractivity contribution in [2.45, 2.75) is 6.54 Å². The molecule has 3 rings (SSSR count). The Balaban J connectivity index is 1.98. The van der Waals surface area contributed by atoms with E-state index in [0.717, 1.165) is 16.8 Å². The molecular formula is C16H13FN2O. The van der Waals surface area contributed by atoms with Gasteiger partial charge in [-0.15, -0.1) is 0 Å². The van der Waals surface area contributed by atoms with Gasteiger partial charge in [-0.25, -0.2) is 4.39 Å². The third-order valence-electron chi connectivity index (χ3n) is 3.22. The van der Waals surface area contributed by atoms with Crippen molar-refractivity contribution >= 4 is 17.8 Å². The average molecular weight is 268 g/mol. The minimum atomic E-state index is -0.297. The molecule has 3 nitrogen and oxygen atoms in total. The number of benzene rings is 2. The highest BCUT2D eigenvalue weighted by Gasteiger charge is 2.20. The largest absolute Gasteiger partial charge is 0.306 e. The van der Waals surface area contributed by atoms with Crippen LogP contribution in [0.2, 0.25) is 0 Å². The van der Waals surface area contributed by atoms with Crippen LogP contribution in [0.4, 0.5) is 10.1 Å². The van der Waals surface area contributed by atoms with E-state index in [4.69, 9.17) is 0 Å². The van der Waals surface area contributed by atoms with E-state index in [2.05, 4.69) is 4.99 Å². The van der Waals surface area contributed by atoms with Crippen molar-refractivity contribution in [3.05, 3.63) is 65.5 Å². The van der Waals surface area contributed by atoms with Crippen LogP contribution >= 0.6 is 0 Å². The van der Waals surface area contributed by atoms with E-state index < -0.39 is 0 Å². The molecule has 0 spiro atoms. The van der Waals surface area contributed by atoms with Crippen LogP contribution in [0.15, 0.2) is 53.5 Å². The molecule has 0 aliphatic carbocycles. The van der Waals surface area contributed by atoms with E-state index in [1.165, 1.54) is 12.1 Å². The molecule has 0 saturated heterocycles. The second-order valence-corrected chi connectivity index (χ2v) is 4.64. The fourth-order valence-corrected chi connectivity index (χ4v) is 2.28. The molecule has 1 aliphatic rings. The number of amides is 1. The molecule has 0 atom stereocenters. The van der Waals surface area contributed by atoms with Crippen LogP contribution in [-0.4, -0.2) is 18.7 Å². The lowest BCUT2D eigenvalue weighted by Gasteiger charge is -2.22. The molecule has 1 aliphatic heterocycles. The Morgan fingerprint density at radius 2 is 2.00 bits per heavy atom. The molecule has 20 heavy (non-hydrogen) atoms. The minimum Gasteiger partial charge on any atom is -0.306 e. The van der Waals surface area contributed by atoms with Gasteiger partial charge in [-0.1, -0.05) is 30.3 Å². The van der Waals surface area contributed by atoms with Crippen LogP contribution in [0.25, 0.3) is 0 Å². The van der Waals surface area contributed by atoms with E-state index >= 15 is 0 Å². The first kappa shape index (κ1) is 12.5. The van der Waals surface area contributed by atoms with Crippen LogP contribution in [0.1, 0.15) is 11.1 Å². The summed E-state index contributed by atoms with van der Waals surface area (Å²) in [4.78, 5) is 17.9. The standard InChI is InChI=1S/C16H13FN2O/c17-14-6-3-4-12(8-14)11-19-15-7-2-1-5-13(15)9-18-10-16(19)20/h1-9H,10-11H2. The van der Waals surface area contributed by atoms with Gasteiger partial charge in [0.2, 0.25) is 5.91 Å². The Bertz CT molecular complexity index is 682. The first-order valence-electron chi connectivity index (χ1n) is 6.38. The topological polar surface area (TPSA) is 32.7 Å². The lowest BCUT2D eigenvalue weighted by atomic mass is 10.1. The third kappa shape index (κ3) is 2.45. The zero-order valence-corrected chi connectivity index (χ0v) is 10.8. The minimum absolute atomic E-state index is 0.0875. The smallest absolute Gasteiger partial charge is 0.248 e. The van der Waals surface area contributed by atoms with Crippen LogP contribution in [0.3, 0.4) is 0 Å². The molecule has 2 aromatic rings. The molecule has 1 amide bonds. The molecular weight excluding hydrogens is 255 g/mol. The number of halogens is 1. The second kappa shape index (κ2) is 5.25. The molecule has 4 heteroatoms. The Morgan fingerprint density at radius 3 is 2.85 bits per heavy atom. The van der Waals surface area contributed by atoms with Gasteiger partial charge in [-0.3, -0.25) is 9.79 Å². The Hall–Kier alpha value is -2.49. The van der Waals surface area contributed by atoms with Gasteiger partial charge >= 0.3 is 0 Å². The van der Waals surface area contributed by atoms with Crippen molar-refractivity contribution in [2.75, 3.05) is 11.4 Å². The normalized spacial score (nSPS) is 14.1. The number of carbonyl (C=O) groups is 1. The summed E-state index contributed by atoms with van der Waals surface area (Å²) >= 11 is 0. The average Bonchev–Trinajstić information content (AvgIpc) is 2.59. The van der Waals surface area contributed by atoms with Crippen molar-refractivity contribution < 1.29 is 9.18 Å². The van der Waals surface area contributed by atoms with Crippen LogP contribution in [-0.2, 0) is 11.3 Å². The van der Waals surface area contributed by atoms with Crippen molar-refractivity contribution in [3.63, 3.8) is 0 Å². The summed E-state index contributed by atoms with van der Waals surface area (Å²) in [5.74, 6) is -0.384. The zero-order valence-electron chi connectivity index (χ0n) is 10.8. The highest BCUT2D eigenvalue weighted by atomic mass is 19.1. The lowest BCUT2D eigenvalue weighted by molar-refractivity contribution is -0.117. The maximum atomic E-state index is 13.3. The zero-order chi connectivity index (χ0) is 13.9. The number of rotatable bonds is 2. The predicted molar refractivity (Wildman–Crippen MR) is 76.5 cm³/mol. The summed E-state index contributed by atoms with van der Waals surface area (Å²) in [6.07, 6.45) is 1.71. The molecule has 1 heterocycles. The molecule has 0 aromatic heterocycles. The molecule has 100 valence electrons. The first-order valence-corrected chi connectivity index (χ1v) is 6.38. The quantitative estimate of drug-likeness (QED) is 0.824. The summed E-state index contributed by atoms with van der Waals surface area (Å²) in [5.41, 5.74) is 2.47. The Labute approximate surface area is 116 Å². The number of hydrogen-bond acceptors (Lipinski definition) is 2. The van der Waals surface area contributed by atoms with Crippen molar-refractivity contribution in [3.8, 4) is 0 Å². The van der Waals surface area contributed by atoms with Crippen molar-refractivity contribution in [2.24, 2.45) is 4.99 Å². The van der Waals surface area contributed by atoms with E-state index in [1.54, 1.807) is 17.2 Å². The van der Waals surface area contributed by atoms with Gasteiger partial charge in [0.15, 0.2) is 0 Å². The molecule has 2 aromatic carbocycles. The number of nitrogens with zero attached hydrogens (tertiary/aromatic N) is 2. The van der Waals surface area contributed by atoms with Crippen LogP contribution in [0, 0.1) is 5.82 Å². The fourth-order valence-electron chi connectivity index (χ4n) is 2.28. The molecule has 0 fully saturated rings. The number of carbonyl (C=O) groups excluding carboxylic acids is 1. The lowest BCUT2D eigenvalue weighted by Crippen LogP contribution is -2.31. The van der Waals surface area contributed by atoms with Gasteiger partial charge in [-0.2, -0.15) is 0 Å². The Kier molecular flexibility index (Phi) is 3.29. The monoisotopic (exact) mass is 268 g/mol. The number of fused-ring (bicyclic) bond motifs is 1. The van der Waals surface area contributed by atoms with Crippen LogP contribution < -0.4 is 4.90 Å². The third-order valence-corrected chi connectivity index (χ3v) is 3.22. The summed E-state index contributed by atoms with van der Waals surface area (Å²) < 4.78 is 13.3. The molecule has 0 saturated carbocycles. The Morgan fingerprint density at radius 1 is 1.15 bits per heavy atom. The number of para-hydroxylation sites is 1. The van der Waals surface area contributed by atoms with Crippen molar-refractivity contribution in [1.29, 1.82) is 0 Å². The summed E-state index contributed by atoms with van der Waals surface area (Å²) in [6.45, 7) is 0.459. The van der Waals surface area contributed by atoms with Crippen LogP contribution in [0.5, 0.6) is 0 Å². The van der Waals surface area contributed by atoms with Crippen molar-refractivity contribution in [1.82, 2.24) is 0 Å². The highest BCUT2D eigenvalue weighted by Crippen LogP contribution is 2.23. The number of anilines is 1. The van der Waals surface area contributed by atoms with Gasteiger partial charge < -0.3 is 4.90 Å². The number of hydrogen-bond donors (Lipinski definition) is 0. The maximum Gasteiger partial charge on any atom is 0.248 e. The van der Waals surface area contributed by atoms with Gasteiger partial charge in [0.1, 0.15) is 12.4 Å². The van der Waals surface area contributed by atoms with E-state index in [9.17, 15) is 9.18 Å². The SMILES string of the molecule is O=C1CN=Cc2ccccc2N1Cc1cccc(F)c1. The second-order valence-electron chi connectivity index (χ2n) is 4.64. The molecule has 0 bridgehead atoms. The fraction of sp³-hybridized carbons (Fsp3) is 0.125. The summed E-state index contributed by atoms with van der Waals surface area (Å²) in [6, 6.07) is 13.9. The van der Waals surface area contributed by atoms with Gasteiger partial charge in [0.05, 0.1) is 12.2 Å². The highest BCUT2D eigenvalue weighted by molar-refractivity contribution is 6.03. The summed E-state index contributed by atoms with van der Waals surface area (Å²) in [5, 5.41) is 0.